The summed E-state index contributed by atoms with van der Waals surface area (Å²) in [6, 6.07) is 21.6. The van der Waals surface area contributed by atoms with Gasteiger partial charge >= 0.3 is 12.0 Å². The Morgan fingerprint density at radius 3 is 2.37 bits per heavy atom. The minimum atomic E-state index is -0.530. The summed E-state index contributed by atoms with van der Waals surface area (Å²) < 4.78 is 10.2. The molecule has 4 rings (SSSR count). The first kappa shape index (κ1) is 23.4. The highest BCUT2D eigenvalue weighted by atomic mass is 16.5. The van der Waals surface area contributed by atoms with Crippen molar-refractivity contribution in [2.75, 3.05) is 19.5 Å². The van der Waals surface area contributed by atoms with Gasteiger partial charge in [-0.15, -0.1) is 0 Å². The van der Waals surface area contributed by atoms with Crippen LogP contribution < -0.4 is 15.4 Å². The number of anilines is 1. The molecule has 0 spiro atoms. The molecule has 8 heteroatoms. The van der Waals surface area contributed by atoms with E-state index >= 15 is 0 Å². The van der Waals surface area contributed by atoms with E-state index in [2.05, 4.69) is 20.6 Å². The highest BCUT2D eigenvalue weighted by molar-refractivity contribution is 5.94. The summed E-state index contributed by atoms with van der Waals surface area (Å²) in [6.45, 7) is 0.259. The number of carbonyl (C=O) groups excluding carboxylic acids is 2. The lowest BCUT2D eigenvalue weighted by molar-refractivity contribution is 0.0600. The molecule has 4 aromatic rings. The Morgan fingerprint density at radius 1 is 0.886 bits per heavy atom. The molecule has 2 aromatic carbocycles. The van der Waals surface area contributed by atoms with Gasteiger partial charge in [-0.3, -0.25) is 10.3 Å². The van der Waals surface area contributed by atoms with Crippen LogP contribution in [0.2, 0.25) is 0 Å². The van der Waals surface area contributed by atoms with Gasteiger partial charge in [-0.05, 0) is 35.4 Å². The largest absolute Gasteiger partial charge is 0.496 e. The van der Waals surface area contributed by atoms with Gasteiger partial charge in [-0.2, -0.15) is 0 Å². The topological polar surface area (TPSA) is 102 Å². The number of nitrogens with one attached hydrogen (secondary N) is 2. The molecule has 0 bridgehead atoms. The smallest absolute Gasteiger partial charge is 0.338 e. The number of hydrogen-bond acceptors (Lipinski definition) is 6. The molecule has 8 nitrogen and oxygen atoms in total. The number of para-hydroxylation sites is 1. The number of amides is 2. The van der Waals surface area contributed by atoms with Crippen LogP contribution in [0.25, 0.3) is 22.4 Å². The van der Waals surface area contributed by atoms with Crippen LogP contribution in [0.4, 0.5) is 10.6 Å². The molecule has 2 aromatic heterocycles. The number of ether oxygens (including phenoxy) is 2. The Bertz CT molecular complexity index is 1320. The lowest BCUT2D eigenvalue weighted by Gasteiger charge is -2.12. The molecule has 0 saturated carbocycles. The lowest BCUT2D eigenvalue weighted by Crippen LogP contribution is -2.29. The fourth-order valence-corrected chi connectivity index (χ4v) is 3.53. The Balaban J connectivity index is 1.55. The van der Waals surface area contributed by atoms with Crippen LogP contribution in [-0.2, 0) is 11.3 Å². The van der Waals surface area contributed by atoms with E-state index in [-0.39, 0.29) is 17.9 Å². The SMILES string of the molecule is COC(=O)c1cc(NC(=O)NCc2ccccc2OC)nc(-c2ccc(-c3cccnc3)cc2)c1. The van der Waals surface area contributed by atoms with Crippen molar-refractivity contribution < 1.29 is 19.1 Å². The van der Waals surface area contributed by atoms with Gasteiger partial charge in [-0.1, -0.05) is 48.5 Å². The van der Waals surface area contributed by atoms with Gasteiger partial charge in [0.2, 0.25) is 0 Å². The molecule has 0 radical (unpaired) electrons. The number of urea groups is 1. The third kappa shape index (κ3) is 5.80. The molecule has 2 N–H and O–H groups in total. The molecule has 0 atom stereocenters. The van der Waals surface area contributed by atoms with Crippen molar-refractivity contribution in [3.8, 4) is 28.1 Å². The first-order chi connectivity index (χ1) is 17.1. The summed E-state index contributed by atoms with van der Waals surface area (Å²) in [6.07, 6.45) is 3.51. The predicted molar refractivity (Wildman–Crippen MR) is 133 cm³/mol. The van der Waals surface area contributed by atoms with Crippen LogP contribution in [0.15, 0.2) is 85.2 Å². The van der Waals surface area contributed by atoms with Crippen molar-refractivity contribution >= 4 is 17.8 Å². The van der Waals surface area contributed by atoms with Crippen molar-refractivity contribution in [1.82, 2.24) is 15.3 Å². The molecule has 2 heterocycles. The summed E-state index contributed by atoms with van der Waals surface area (Å²) in [4.78, 5) is 33.5. The zero-order valence-electron chi connectivity index (χ0n) is 19.3. The minimum absolute atomic E-state index is 0.219. The number of benzene rings is 2. The minimum Gasteiger partial charge on any atom is -0.496 e. The summed E-state index contributed by atoms with van der Waals surface area (Å²) in [5, 5.41) is 5.48. The molecule has 2 amide bonds. The van der Waals surface area contributed by atoms with Crippen LogP contribution in [0.3, 0.4) is 0 Å². The Hall–Kier alpha value is -4.72. The number of rotatable bonds is 7. The van der Waals surface area contributed by atoms with E-state index in [0.717, 1.165) is 22.3 Å². The third-order valence-corrected chi connectivity index (χ3v) is 5.30. The van der Waals surface area contributed by atoms with Gasteiger partial charge in [0.1, 0.15) is 11.6 Å². The quantitative estimate of drug-likeness (QED) is 0.373. The van der Waals surface area contributed by atoms with Crippen LogP contribution in [-0.4, -0.2) is 36.2 Å². The van der Waals surface area contributed by atoms with E-state index in [1.54, 1.807) is 25.6 Å². The van der Waals surface area contributed by atoms with Gasteiger partial charge in [0.25, 0.3) is 0 Å². The van der Waals surface area contributed by atoms with Crippen molar-refractivity contribution in [3.63, 3.8) is 0 Å². The van der Waals surface area contributed by atoms with E-state index < -0.39 is 12.0 Å². The maximum atomic E-state index is 12.6. The first-order valence-electron chi connectivity index (χ1n) is 10.9. The monoisotopic (exact) mass is 468 g/mol. The molecule has 35 heavy (non-hydrogen) atoms. The van der Waals surface area contributed by atoms with Crippen LogP contribution >= 0.6 is 0 Å². The van der Waals surface area contributed by atoms with Crippen LogP contribution in [0.1, 0.15) is 15.9 Å². The molecule has 0 aliphatic rings. The van der Waals surface area contributed by atoms with E-state index in [9.17, 15) is 9.59 Å². The molecular weight excluding hydrogens is 444 g/mol. The number of methoxy groups -OCH3 is 2. The average Bonchev–Trinajstić information content (AvgIpc) is 2.92. The first-order valence-corrected chi connectivity index (χ1v) is 10.9. The normalized spacial score (nSPS) is 10.3. The zero-order valence-corrected chi connectivity index (χ0v) is 19.3. The Labute approximate surface area is 203 Å². The maximum absolute atomic E-state index is 12.6. The number of carbonyl (C=O) groups is 2. The number of aromatic nitrogens is 2. The van der Waals surface area contributed by atoms with E-state index in [0.29, 0.717) is 11.4 Å². The van der Waals surface area contributed by atoms with E-state index in [1.807, 2.05) is 60.7 Å². The number of esters is 1. The fourth-order valence-electron chi connectivity index (χ4n) is 3.53. The fraction of sp³-hybridized carbons (Fsp3) is 0.111. The second kappa shape index (κ2) is 10.9. The Kier molecular flexibility index (Phi) is 7.32. The summed E-state index contributed by atoms with van der Waals surface area (Å²) in [5.74, 6) is 0.366. The van der Waals surface area contributed by atoms with Crippen molar-refractivity contribution in [3.05, 3.63) is 96.3 Å². The summed E-state index contributed by atoms with van der Waals surface area (Å²) >= 11 is 0. The highest BCUT2D eigenvalue weighted by Gasteiger charge is 2.14. The summed E-state index contributed by atoms with van der Waals surface area (Å²) in [7, 11) is 2.88. The van der Waals surface area contributed by atoms with Crippen LogP contribution in [0.5, 0.6) is 5.75 Å². The van der Waals surface area contributed by atoms with Gasteiger partial charge < -0.3 is 14.8 Å². The van der Waals surface area contributed by atoms with Crippen molar-refractivity contribution in [2.24, 2.45) is 0 Å². The van der Waals surface area contributed by atoms with Crippen molar-refractivity contribution in [1.29, 1.82) is 0 Å². The number of hydrogen-bond donors (Lipinski definition) is 2. The van der Waals surface area contributed by atoms with Gasteiger partial charge in [-0.25, -0.2) is 14.6 Å². The number of pyridine rings is 2. The van der Waals surface area contributed by atoms with Crippen molar-refractivity contribution in [2.45, 2.75) is 6.54 Å². The second-order valence-corrected chi connectivity index (χ2v) is 7.56. The van der Waals surface area contributed by atoms with Crippen LogP contribution in [0, 0.1) is 0 Å². The lowest BCUT2D eigenvalue weighted by atomic mass is 10.0. The van der Waals surface area contributed by atoms with E-state index in [4.69, 9.17) is 9.47 Å². The second-order valence-electron chi connectivity index (χ2n) is 7.56. The molecule has 176 valence electrons. The van der Waals surface area contributed by atoms with E-state index in [1.165, 1.54) is 13.2 Å². The maximum Gasteiger partial charge on any atom is 0.338 e. The number of nitrogens with zero attached hydrogens (tertiary/aromatic N) is 2. The molecule has 0 aliphatic carbocycles. The third-order valence-electron chi connectivity index (χ3n) is 5.30. The highest BCUT2D eigenvalue weighted by Crippen LogP contribution is 2.26. The molecule has 0 fully saturated rings. The Morgan fingerprint density at radius 2 is 1.66 bits per heavy atom. The molecule has 0 aliphatic heterocycles. The molecular formula is C27H24N4O4. The molecule has 0 unspecified atom stereocenters. The predicted octanol–water partition coefficient (Wildman–Crippen LogP) is 4.93. The zero-order chi connectivity index (χ0) is 24.6. The van der Waals surface area contributed by atoms with Gasteiger partial charge in [0.05, 0.1) is 25.5 Å². The van der Waals surface area contributed by atoms with Gasteiger partial charge in [0, 0.05) is 30.1 Å². The standard InChI is InChI=1S/C27H24N4O4/c1-34-24-8-4-3-6-21(24)17-29-27(33)31-25-15-22(26(32)35-2)14-23(30-25)19-11-9-18(10-12-19)20-7-5-13-28-16-20/h3-16H,17H2,1-2H3,(H2,29,30,31,33). The van der Waals surface area contributed by atoms with Gasteiger partial charge in [0.15, 0.2) is 0 Å². The summed E-state index contributed by atoms with van der Waals surface area (Å²) in [5.41, 5.74) is 4.39. The molecule has 0 saturated heterocycles. The average molecular weight is 469 g/mol.